The summed E-state index contributed by atoms with van der Waals surface area (Å²) in [6.45, 7) is 5.79. The lowest BCUT2D eigenvalue weighted by atomic mass is 9.98. The second-order valence-corrected chi connectivity index (χ2v) is 20.2. The van der Waals surface area contributed by atoms with Crippen molar-refractivity contribution in [2.45, 2.75) is 289 Å². The molecule has 0 spiro atoms. The van der Waals surface area contributed by atoms with E-state index < -0.39 is 67.3 Å². The number of aliphatic hydroxyl groups excluding tert-OH is 2. The SMILES string of the molecule is CC/C=C\C/C=C\C/C=C\CCCCCCCCCC(=O)OCC(COC1OC(C(=O)O)C(O)C(O)C1OC(=O)CCCCCCC/C=C\C/C=C\CCC)OC(=O)CCCCCCC/C=C\CCCCCCCC. The van der Waals surface area contributed by atoms with Crippen LogP contribution in [0.3, 0.4) is 0 Å². The van der Waals surface area contributed by atoms with Gasteiger partial charge < -0.3 is 39.0 Å². The highest BCUT2D eigenvalue weighted by Gasteiger charge is 2.50. The van der Waals surface area contributed by atoms with Gasteiger partial charge in [0.1, 0.15) is 18.8 Å². The van der Waals surface area contributed by atoms with Crippen LogP contribution in [0, 0.1) is 0 Å². The summed E-state index contributed by atoms with van der Waals surface area (Å²) >= 11 is 0. The normalized spacial score (nSPS) is 18.7. The molecule has 1 aliphatic rings. The minimum absolute atomic E-state index is 0.0409. The summed E-state index contributed by atoms with van der Waals surface area (Å²) in [6, 6.07) is 0. The maximum Gasteiger partial charge on any atom is 0.335 e. The molecular formula is C63H106O12. The average molecular weight is 1060 g/mol. The van der Waals surface area contributed by atoms with Crippen molar-refractivity contribution in [2.24, 2.45) is 0 Å². The number of allylic oxidation sites excluding steroid dienone is 12. The zero-order valence-electron chi connectivity index (χ0n) is 47.3. The summed E-state index contributed by atoms with van der Waals surface area (Å²) in [5, 5.41) is 31.5. The highest BCUT2D eigenvalue weighted by molar-refractivity contribution is 5.74. The lowest BCUT2D eigenvalue weighted by Crippen LogP contribution is -2.61. The predicted molar refractivity (Wildman–Crippen MR) is 303 cm³/mol. The zero-order chi connectivity index (χ0) is 54.7. The number of unbranched alkanes of at least 4 members (excludes halogenated alkanes) is 24. The van der Waals surface area contributed by atoms with E-state index in [2.05, 4.69) is 93.7 Å². The average Bonchev–Trinajstić information content (AvgIpc) is 3.39. The van der Waals surface area contributed by atoms with Crippen molar-refractivity contribution in [3.63, 3.8) is 0 Å². The standard InChI is InChI=1S/C63H106O12/c1-4-7-10-13-16-19-22-25-27-28-30-32-34-37-40-43-46-49-55(64)71-52-54(73-56(65)50-47-44-41-38-36-33-29-26-23-20-17-14-11-8-5-2)53-72-63-61(59(68)58(67)60(75-63)62(69)70)74-57(66)51-48-45-42-39-35-31-24-21-18-15-12-9-6-3/h7,10,12,15-16,19,21,24-27,29,54,58-61,63,67-68H,4-6,8-9,11,13-14,17-18,20,22-23,28,30-53H2,1-3H3,(H,69,70)/b10-7-,15-12-,19-16-,24-21-,27-25-,29-26-. The van der Waals surface area contributed by atoms with Gasteiger partial charge in [0.25, 0.3) is 0 Å². The molecule has 0 radical (unpaired) electrons. The van der Waals surface area contributed by atoms with Gasteiger partial charge in [-0.1, -0.05) is 203 Å². The molecule has 0 amide bonds. The first kappa shape index (κ1) is 69.2. The van der Waals surface area contributed by atoms with Gasteiger partial charge in [-0.2, -0.15) is 0 Å². The van der Waals surface area contributed by atoms with Gasteiger partial charge in [-0.15, -0.1) is 0 Å². The van der Waals surface area contributed by atoms with Crippen molar-refractivity contribution >= 4 is 23.9 Å². The third-order valence-corrected chi connectivity index (χ3v) is 13.2. The van der Waals surface area contributed by atoms with Crippen LogP contribution in [0.4, 0.5) is 0 Å². The third-order valence-electron chi connectivity index (χ3n) is 13.2. The maximum absolute atomic E-state index is 13.1. The number of hydrogen-bond donors (Lipinski definition) is 3. The number of hydrogen-bond acceptors (Lipinski definition) is 11. The quantitative estimate of drug-likeness (QED) is 0.0228. The van der Waals surface area contributed by atoms with E-state index in [9.17, 15) is 34.5 Å². The minimum Gasteiger partial charge on any atom is -0.479 e. The predicted octanol–water partition coefficient (Wildman–Crippen LogP) is 15.3. The fraction of sp³-hybridized carbons (Fsp3) is 0.746. The smallest absolute Gasteiger partial charge is 0.335 e. The fourth-order valence-corrected chi connectivity index (χ4v) is 8.65. The molecule has 0 aromatic rings. The van der Waals surface area contributed by atoms with Crippen molar-refractivity contribution < 1.29 is 58.2 Å². The molecule has 6 atom stereocenters. The summed E-state index contributed by atoms with van der Waals surface area (Å²) in [5.74, 6) is -3.16. The number of carbonyl (C=O) groups excluding carboxylic acids is 3. The molecule has 0 bridgehead atoms. The van der Waals surface area contributed by atoms with Crippen molar-refractivity contribution in [1.29, 1.82) is 0 Å². The Bertz CT molecular complexity index is 1580. The molecule has 12 nitrogen and oxygen atoms in total. The molecule has 1 saturated heterocycles. The van der Waals surface area contributed by atoms with Crippen LogP contribution >= 0.6 is 0 Å². The monoisotopic (exact) mass is 1050 g/mol. The Morgan fingerprint density at radius 3 is 1.35 bits per heavy atom. The molecule has 0 saturated carbocycles. The lowest BCUT2D eigenvalue weighted by molar-refractivity contribution is -0.301. The van der Waals surface area contributed by atoms with E-state index in [0.29, 0.717) is 19.3 Å². The van der Waals surface area contributed by atoms with Gasteiger partial charge in [0.05, 0.1) is 6.61 Å². The van der Waals surface area contributed by atoms with Crippen LogP contribution in [0.5, 0.6) is 0 Å². The number of esters is 3. The van der Waals surface area contributed by atoms with Gasteiger partial charge >= 0.3 is 23.9 Å². The number of rotatable bonds is 50. The molecule has 1 aliphatic heterocycles. The molecule has 1 rings (SSSR count). The van der Waals surface area contributed by atoms with Crippen LogP contribution in [-0.2, 0) is 42.9 Å². The van der Waals surface area contributed by atoms with E-state index in [-0.39, 0.29) is 25.9 Å². The zero-order valence-corrected chi connectivity index (χ0v) is 47.3. The number of carbonyl (C=O) groups is 4. The first-order valence-electron chi connectivity index (χ1n) is 29.9. The summed E-state index contributed by atoms with van der Waals surface area (Å²) < 4.78 is 28.4. The number of carboxylic acids is 1. The van der Waals surface area contributed by atoms with Gasteiger partial charge in [0, 0.05) is 19.3 Å². The molecule has 6 unspecified atom stereocenters. The van der Waals surface area contributed by atoms with Gasteiger partial charge in [-0.05, 0) is 103 Å². The molecule has 1 fully saturated rings. The van der Waals surface area contributed by atoms with E-state index in [0.717, 1.165) is 148 Å². The van der Waals surface area contributed by atoms with Crippen molar-refractivity contribution in [3.05, 3.63) is 72.9 Å². The largest absolute Gasteiger partial charge is 0.479 e. The number of ether oxygens (including phenoxy) is 5. The Hall–Kier alpha value is -3.84. The summed E-state index contributed by atoms with van der Waals surface area (Å²) in [7, 11) is 0. The molecule has 0 aromatic carbocycles. The molecule has 12 heteroatoms. The molecule has 430 valence electrons. The Kier molecular flexibility index (Phi) is 47.0. The maximum atomic E-state index is 13.1. The number of carboxylic acid groups (broad SMARTS) is 1. The minimum atomic E-state index is -1.91. The van der Waals surface area contributed by atoms with Crippen LogP contribution in [0.25, 0.3) is 0 Å². The lowest BCUT2D eigenvalue weighted by Gasteiger charge is -2.40. The molecule has 75 heavy (non-hydrogen) atoms. The topological polar surface area (TPSA) is 175 Å². The van der Waals surface area contributed by atoms with E-state index >= 15 is 0 Å². The van der Waals surface area contributed by atoms with Crippen LogP contribution < -0.4 is 0 Å². The van der Waals surface area contributed by atoms with E-state index in [4.69, 9.17) is 23.7 Å². The van der Waals surface area contributed by atoms with Crippen molar-refractivity contribution in [1.82, 2.24) is 0 Å². The summed E-state index contributed by atoms with van der Waals surface area (Å²) in [6.07, 6.45) is 51.5. The van der Waals surface area contributed by atoms with Gasteiger partial charge in [-0.25, -0.2) is 4.79 Å². The first-order chi connectivity index (χ1) is 36.6. The van der Waals surface area contributed by atoms with Crippen LogP contribution in [0.15, 0.2) is 72.9 Å². The van der Waals surface area contributed by atoms with Gasteiger partial charge in [-0.3, -0.25) is 14.4 Å². The first-order valence-corrected chi connectivity index (χ1v) is 29.9. The molecule has 0 aromatic heterocycles. The highest BCUT2D eigenvalue weighted by Crippen LogP contribution is 2.26. The van der Waals surface area contributed by atoms with Crippen LogP contribution in [-0.4, -0.2) is 89.2 Å². The van der Waals surface area contributed by atoms with Crippen LogP contribution in [0.2, 0.25) is 0 Å². The Labute approximate surface area is 455 Å². The van der Waals surface area contributed by atoms with Gasteiger partial charge in [0.15, 0.2) is 24.6 Å². The van der Waals surface area contributed by atoms with Crippen molar-refractivity contribution in [3.8, 4) is 0 Å². The second-order valence-electron chi connectivity index (χ2n) is 20.2. The fourth-order valence-electron chi connectivity index (χ4n) is 8.65. The summed E-state index contributed by atoms with van der Waals surface area (Å²) in [4.78, 5) is 51.1. The number of aliphatic carboxylic acids is 1. The molecular weight excluding hydrogens is 949 g/mol. The van der Waals surface area contributed by atoms with E-state index in [1.165, 1.54) is 44.9 Å². The summed E-state index contributed by atoms with van der Waals surface area (Å²) in [5.41, 5.74) is 0. The molecule has 3 N–H and O–H groups in total. The van der Waals surface area contributed by atoms with Crippen LogP contribution in [0.1, 0.15) is 252 Å². The molecule has 1 heterocycles. The Morgan fingerprint density at radius 2 is 0.867 bits per heavy atom. The van der Waals surface area contributed by atoms with E-state index in [1.54, 1.807) is 0 Å². The Morgan fingerprint density at radius 1 is 0.453 bits per heavy atom. The third kappa shape index (κ3) is 41.0. The highest BCUT2D eigenvalue weighted by atomic mass is 16.7. The second kappa shape index (κ2) is 50.9. The number of aliphatic hydroxyl groups is 2. The van der Waals surface area contributed by atoms with Gasteiger partial charge in [0.2, 0.25) is 0 Å². The molecule has 0 aliphatic carbocycles. The van der Waals surface area contributed by atoms with E-state index in [1.807, 2.05) is 0 Å². The Balaban J connectivity index is 2.70. The van der Waals surface area contributed by atoms with Crippen molar-refractivity contribution in [2.75, 3.05) is 13.2 Å².